The smallest absolute Gasteiger partial charge is 0.119 e. The summed E-state index contributed by atoms with van der Waals surface area (Å²) in [7, 11) is 3.46. The molecule has 1 N–H and O–H groups in total. The molecule has 3 heteroatoms. The van der Waals surface area contributed by atoms with Gasteiger partial charge in [-0.2, -0.15) is 0 Å². The van der Waals surface area contributed by atoms with E-state index in [-0.39, 0.29) is 6.10 Å². The van der Waals surface area contributed by atoms with Gasteiger partial charge >= 0.3 is 0 Å². The predicted octanol–water partition coefficient (Wildman–Crippen LogP) is 3.08. The zero-order valence-electron chi connectivity index (χ0n) is 12.1. The van der Waals surface area contributed by atoms with E-state index in [0.29, 0.717) is 6.04 Å². The quantitative estimate of drug-likeness (QED) is 0.808. The van der Waals surface area contributed by atoms with Crippen LogP contribution in [-0.4, -0.2) is 26.9 Å². The van der Waals surface area contributed by atoms with Crippen molar-refractivity contribution in [1.29, 1.82) is 0 Å². The van der Waals surface area contributed by atoms with Gasteiger partial charge in [-0.3, -0.25) is 0 Å². The molecule has 0 heterocycles. The summed E-state index contributed by atoms with van der Waals surface area (Å²) in [6.07, 6.45) is 1.22. The van der Waals surface area contributed by atoms with E-state index in [0.717, 1.165) is 18.7 Å². The topological polar surface area (TPSA) is 30.5 Å². The molecular formula is C15H25NO2. The number of benzene rings is 1. The molecule has 0 radical (unpaired) electrons. The lowest BCUT2D eigenvalue weighted by Crippen LogP contribution is -2.25. The van der Waals surface area contributed by atoms with Crippen molar-refractivity contribution >= 4 is 0 Å². The van der Waals surface area contributed by atoms with Crippen LogP contribution in [-0.2, 0) is 4.74 Å². The highest BCUT2D eigenvalue weighted by Gasteiger charge is 2.16. The van der Waals surface area contributed by atoms with Crippen LogP contribution in [0, 0.1) is 6.92 Å². The van der Waals surface area contributed by atoms with E-state index >= 15 is 0 Å². The van der Waals surface area contributed by atoms with E-state index in [1.165, 1.54) is 11.1 Å². The largest absolute Gasteiger partial charge is 0.497 e. The Hall–Kier alpha value is -1.06. The Balaban J connectivity index is 2.90. The molecule has 18 heavy (non-hydrogen) atoms. The normalized spacial score (nSPS) is 14.3. The molecule has 0 aliphatic heterocycles. The Labute approximate surface area is 110 Å². The molecule has 2 atom stereocenters. The molecule has 0 fully saturated rings. The third-order valence-electron chi connectivity index (χ3n) is 3.27. The summed E-state index contributed by atoms with van der Waals surface area (Å²) < 4.78 is 10.6. The lowest BCUT2D eigenvalue weighted by Gasteiger charge is -2.23. The van der Waals surface area contributed by atoms with Gasteiger partial charge in [-0.15, -0.1) is 0 Å². The third-order valence-corrected chi connectivity index (χ3v) is 3.27. The van der Waals surface area contributed by atoms with Crippen molar-refractivity contribution in [2.24, 2.45) is 0 Å². The van der Waals surface area contributed by atoms with Crippen LogP contribution in [0.3, 0.4) is 0 Å². The fourth-order valence-electron chi connectivity index (χ4n) is 2.16. The van der Waals surface area contributed by atoms with Gasteiger partial charge in [-0.25, -0.2) is 0 Å². The second-order valence-corrected chi connectivity index (χ2v) is 4.61. The Morgan fingerprint density at radius 1 is 1.28 bits per heavy atom. The number of aryl methyl sites for hydroxylation is 1. The highest BCUT2D eigenvalue weighted by atomic mass is 16.5. The van der Waals surface area contributed by atoms with Crippen LogP contribution in [0.5, 0.6) is 5.75 Å². The summed E-state index contributed by atoms with van der Waals surface area (Å²) in [5.41, 5.74) is 2.57. The molecule has 0 aliphatic rings. The van der Waals surface area contributed by atoms with Crippen LogP contribution >= 0.6 is 0 Å². The molecule has 0 saturated heterocycles. The van der Waals surface area contributed by atoms with E-state index < -0.39 is 0 Å². The highest BCUT2D eigenvalue weighted by Crippen LogP contribution is 2.26. The van der Waals surface area contributed by atoms with E-state index in [9.17, 15) is 0 Å². The summed E-state index contributed by atoms with van der Waals surface area (Å²) in [5.74, 6) is 0.909. The molecule has 1 rings (SSSR count). The molecule has 3 nitrogen and oxygen atoms in total. The first-order chi connectivity index (χ1) is 8.62. The van der Waals surface area contributed by atoms with Crippen LogP contribution < -0.4 is 10.1 Å². The number of hydrogen-bond acceptors (Lipinski definition) is 3. The molecule has 1 aromatic carbocycles. The van der Waals surface area contributed by atoms with Crippen LogP contribution in [0.4, 0.5) is 0 Å². The lowest BCUT2D eigenvalue weighted by molar-refractivity contribution is 0.100. The van der Waals surface area contributed by atoms with Gasteiger partial charge < -0.3 is 14.8 Å². The van der Waals surface area contributed by atoms with Gasteiger partial charge in [0.2, 0.25) is 0 Å². The zero-order chi connectivity index (χ0) is 13.5. The van der Waals surface area contributed by atoms with Gasteiger partial charge in [0.25, 0.3) is 0 Å². The Bertz CT molecular complexity index is 366. The Kier molecular flexibility index (Phi) is 6.16. The average Bonchev–Trinajstić information content (AvgIpc) is 2.38. The van der Waals surface area contributed by atoms with Crippen molar-refractivity contribution in [2.75, 3.05) is 20.8 Å². The predicted molar refractivity (Wildman–Crippen MR) is 75.2 cm³/mol. The highest BCUT2D eigenvalue weighted by molar-refractivity contribution is 5.36. The molecule has 0 aromatic heterocycles. The first-order valence-electron chi connectivity index (χ1n) is 6.53. The first-order valence-corrected chi connectivity index (χ1v) is 6.53. The van der Waals surface area contributed by atoms with Crippen LogP contribution in [0.1, 0.15) is 37.4 Å². The van der Waals surface area contributed by atoms with Crippen LogP contribution in [0.15, 0.2) is 18.2 Å². The van der Waals surface area contributed by atoms with Crippen LogP contribution in [0.2, 0.25) is 0 Å². The molecule has 0 aliphatic carbocycles. The average molecular weight is 251 g/mol. The maximum absolute atomic E-state index is 5.37. The monoisotopic (exact) mass is 251 g/mol. The summed E-state index contributed by atoms with van der Waals surface area (Å²) >= 11 is 0. The first kappa shape index (κ1) is 15.0. The van der Waals surface area contributed by atoms with Gasteiger partial charge in [0.1, 0.15) is 5.75 Å². The summed E-state index contributed by atoms with van der Waals surface area (Å²) in [6.45, 7) is 7.30. The van der Waals surface area contributed by atoms with E-state index in [4.69, 9.17) is 9.47 Å². The minimum absolute atomic E-state index is 0.246. The molecule has 0 amide bonds. The van der Waals surface area contributed by atoms with Crippen molar-refractivity contribution in [3.05, 3.63) is 29.3 Å². The number of rotatable bonds is 7. The lowest BCUT2D eigenvalue weighted by atomic mass is 9.96. The molecule has 2 unspecified atom stereocenters. The molecule has 0 bridgehead atoms. The standard InChI is InChI=1S/C15H25NO2/c1-6-16-15(10-12(3)17-4)14-8-7-13(18-5)9-11(14)2/h7-9,12,15-16H,6,10H2,1-5H3. The number of hydrogen-bond donors (Lipinski definition) is 1. The number of methoxy groups -OCH3 is 2. The zero-order valence-corrected chi connectivity index (χ0v) is 12.1. The summed E-state index contributed by atoms with van der Waals surface area (Å²) in [4.78, 5) is 0. The minimum atomic E-state index is 0.246. The minimum Gasteiger partial charge on any atom is -0.497 e. The summed E-state index contributed by atoms with van der Waals surface area (Å²) in [6, 6.07) is 6.57. The maximum Gasteiger partial charge on any atom is 0.119 e. The second-order valence-electron chi connectivity index (χ2n) is 4.61. The molecule has 1 aromatic rings. The van der Waals surface area contributed by atoms with Gasteiger partial charge in [-0.1, -0.05) is 13.0 Å². The fraction of sp³-hybridized carbons (Fsp3) is 0.600. The van der Waals surface area contributed by atoms with Crippen molar-refractivity contribution in [3.8, 4) is 5.75 Å². The van der Waals surface area contributed by atoms with Crippen molar-refractivity contribution in [3.63, 3.8) is 0 Å². The molecule has 0 spiro atoms. The molecular weight excluding hydrogens is 226 g/mol. The third kappa shape index (κ3) is 4.00. The van der Waals surface area contributed by atoms with E-state index in [1.807, 2.05) is 6.07 Å². The van der Waals surface area contributed by atoms with Gasteiger partial charge in [0.05, 0.1) is 13.2 Å². The Morgan fingerprint density at radius 2 is 2.00 bits per heavy atom. The Morgan fingerprint density at radius 3 is 2.50 bits per heavy atom. The summed E-state index contributed by atoms with van der Waals surface area (Å²) in [5, 5.41) is 3.52. The van der Waals surface area contributed by atoms with E-state index in [2.05, 4.69) is 38.2 Å². The van der Waals surface area contributed by atoms with E-state index in [1.54, 1.807) is 14.2 Å². The van der Waals surface area contributed by atoms with Crippen LogP contribution in [0.25, 0.3) is 0 Å². The maximum atomic E-state index is 5.37. The number of ether oxygens (including phenoxy) is 2. The SMILES string of the molecule is CCNC(CC(C)OC)c1ccc(OC)cc1C. The van der Waals surface area contributed by atoms with Crippen molar-refractivity contribution < 1.29 is 9.47 Å². The fourth-order valence-corrected chi connectivity index (χ4v) is 2.16. The molecule has 102 valence electrons. The van der Waals surface area contributed by atoms with Gasteiger partial charge in [0, 0.05) is 13.2 Å². The van der Waals surface area contributed by atoms with Gasteiger partial charge in [-0.05, 0) is 50.1 Å². The van der Waals surface area contributed by atoms with Crippen molar-refractivity contribution in [1.82, 2.24) is 5.32 Å². The second kappa shape index (κ2) is 7.39. The van der Waals surface area contributed by atoms with Gasteiger partial charge in [0.15, 0.2) is 0 Å². The number of nitrogens with one attached hydrogen (secondary N) is 1. The molecule has 0 saturated carbocycles. The van der Waals surface area contributed by atoms with Crippen molar-refractivity contribution in [2.45, 2.75) is 39.3 Å².